The number of pyridine rings is 1. The lowest BCUT2D eigenvalue weighted by Gasteiger charge is -2.16. The quantitative estimate of drug-likeness (QED) is 0.442. The van der Waals surface area contributed by atoms with E-state index >= 15 is 0 Å². The van der Waals surface area contributed by atoms with Crippen LogP contribution in [0.25, 0.3) is 21.5 Å². The van der Waals surface area contributed by atoms with Gasteiger partial charge in [0.15, 0.2) is 0 Å². The molecular weight excluding hydrogens is 426 g/mol. The van der Waals surface area contributed by atoms with Crippen molar-refractivity contribution in [1.82, 2.24) is 20.3 Å². The Labute approximate surface area is 192 Å². The van der Waals surface area contributed by atoms with Gasteiger partial charge < -0.3 is 10.6 Å². The number of benzene rings is 1. The number of aryl methyl sites for hydroxylation is 1. The minimum Gasteiger partial charge on any atom is -0.369 e. The van der Waals surface area contributed by atoms with Crippen LogP contribution < -0.4 is 10.6 Å². The molecule has 0 saturated carbocycles. The predicted molar refractivity (Wildman–Crippen MR) is 133 cm³/mol. The van der Waals surface area contributed by atoms with Gasteiger partial charge in [-0.25, -0.2) is 9.97 Å². The van der Waals surface area contributed by atoms with Crippen LogP contribution in [0.4, 0.5) is 5.82 Å². The first-order chi connectivity index (χ1) is 14.6. The van der Waals surface area contributed by atoms with E-state index in [4.69, 9.17) is 0 Å². The van der Waals surface area contributed by atoms with Gasteiger partial charge in [-0.2, -0.15) is 13.5 Å². The highest BCUT2D eigenvalue weighted by Gasteiger charge is 2.15. The summed E-state index contributed by atoms with van der Waals surface area (Å²) in [5.74, 6) is 0.850. The van der Waals surface area contributed by atoms with Crippen molar-refractivity contribution in [1.29, 1.82) is 0 Å². The zero-order chi connectivity index (χ0) is 21.1. The van der Waals surface area contributed by atoms with Gasteiger partial charge in [-0.15, -0.1) is 11.3 Å². The molecule has 0 aliphatic heterocycles. The fourth-order valence-electron chi connectivity index (χ4n) is 3.46. The molecule has 0 bridgehead atoms. The van der Waals surface area contributed by atoms with Gasteiger partial charge in [-0.3, -0.25) is 9.78 Å². The van der Waals surface area contributed by atoms with Crippen LogP contribution in [0.2, 0.25) is 0 Å². The minimum atomic E-state index is -0.109. The summed E-state index contributed by atoms with van der Waals surface area (Å²) < 4.78 is 0. The largest absolute Gasteiger partial charge is 0.369 e. The maximum atomic E-state index is 12.2. The van der Waals surface area contributed by atoms with Gasteiger partial charge in [0.25, 0.3) is 5.91 Å². The minimum absolute atomic E-state index is 0. The zero-order valence-electron chi connectivity index (χ0n) is 17.6. The molecule has 4 rings (SSSR count). The molecule has 6 nitrogen and oxygen atoms in total. The average Bonchev–Trinajstić information content (AvgIpc) is 3.22. The third kappa shape index (κ3) is 4.86. The summed E-state index contributed by atoms with van der Waals surface area (Å²) in [6.45, 7) is 4.91. The van der Waals surface area contributed by atoms with E-state index in [-0.39, 0.29) is 25.3 Å². The average molecular weight is 452 g/mol. The van der Waals surface area contributed by atoms with Crippen molar-refractivity contribution in [2.24, 2.45) is 0 Å². The molecule has 3 heterocycles. The Morgan fingerprint density at radius 1 is 1.13 bits per heavy atom. The van der Waals surface area contributed by atoms with Gasteiger partial charge >= 0.3 is 0 Å². The number of carbonyl (C=O) groups is 1. The van der Waals surface area contributed by atoms with Gasteiger partial charge in [0.2, 0.25) is 0 Å². The first-order valence-corrected chi connectivity index (χ1v) is 10.6. The van der Waals surface area contributed by atoms with E-state index < -0.39 is 0 Å². The molecule has 0 fully saturated rings. The lowest BCUT2D eigenvalue weighted by Crippen LogP contribution is -2.18. The van der Waals surface area contributed by atoms with Crippen molar-refractivity contribution in [2.75, 3.05) is 18.9 Å². The molecule has 31 heavy (non-hydrogen) atoms. The number of fused-ring (bicyclic) bond motifs is 1. The second-order valence-electron chi connectivity index (χ2n) is 7.16. The third-order valence-electron chi connectivity index (χ3n) is 5.05. The van der Waals surface area contributed by atoms with Crippen LogP contribution >= 0.6 is 24.8 Å². The van der Waals surface area contributed by atoms with Crippen molar-refractivity contribution in [3.63, 3.8) is 0 Å². The fraction of sp³-hybridized carbons (Fsp3) is 0.217. The van der Waals surface area contributed by atoms with E-state index in [0.717, 1.165) is 32.9 Å². The molecule has 0 aliphatic rings. The molecule has 4 aromatic rings. The van der Waals surface area contributed by atoms with Gasteiger partial charge in [0, 0.05) is 42.0 Å². The molecule has 8 heteroatoms. The van der Waals surface area contributed by atoms with Crippen LogP contribution in [0.3, 0.4) is 0 Å². The highest BCUT2D eigenvalue weighted by molar-refractivity contribution is 7.59. The number of anilines is 1. The molecule has 2 N–H and O–H groups in total. The Hall–Kier alpha value is -2.97. The number of aromatic nitrogens is 3. The second-order valence-corrected chi connectivity index (χ2v) is 8.45. The number of amides is 1. The summed E-state index contributed by atoms with van der Waals surface area (Å²) in [6, 6.07) is 13.9. The van der Waals surface area contributed by atoms with Gasteiger partial charge in [-0.05, 0) is 30.7 Å². The van der Waals surface area contributed by atoms with Crippen LogP contribution in [-0.4, -0.2) is 34.5 Å². The number of rotatable bonds is 6. The number of carbonyl (C=O) groups excluding carboxylic acids is 1. The summed E-state index contributed by atoms with van der Waals surface area (Å²) in [7, 11) is 1.64. The van der Waals surface area contributed by atoms with Gasteiger partial charge in [-0.1, -0.05) is 25.1 Å². The van der Waals surface area contributed by atoms with Crippen molar-refractivity contribution >= 4 is 47.5 Å². The molecule has 160 valence electrons. The molecule has 0 radical (unpaired) electrons. The molecule has 0 spiro atoms. The first kappa shape index (κ1) is 22.7. The summed E-state index contributed by atoms with van der Waals surface area (Å²) in [5.41, 5.74) is 3.50. The van der Waals surface area contributed by atoms with Crippen LogP contribution in [-0.2, 0) is 0 Å². The number of nitrogens with zero attached hydrogens (tertiary/aromatic N) is 3. The Balaban J connectivity index is 0.00000272. The lowest BCUT2D eigenvalue weighted by molar-refractivity contribution is 0.0964. The summed E-state index contributed by atoms with van der Waals surface area (Å²) in [4.78, 5) is 27.9. The molecule has 0 aliphatic carbocycles. The molecule has 1 amide bonds. The first-order valence-electron chi connectivity index (χ1n) is 9.79. The number of hydrogen-bond acceptors (Lipinski definition) is 6. The number of thiophene rings is 1. The van der Waals surface area contributed by atoms with E-state index in [0.29, 0.717) is 12.1 Å². The Kier molecular flexibility index (Phi) is 7.25. The summed E-state index contributed by atoms with van der Waals surface area (Å²) >= 11 is 1.72. The molecule has 0 saturated heterocycles. The smallest absolute Gasteiger partial charge is 0.251 e. The van der Waals surface area contributed by atoms with E-state index in [2.05, 4.69) is 57.6 Å². The summed E-state index contributed by atoms with van der Waals surface area (Å²) in [5, 5.41) is 6.98. The topological polar surface area (TPSA) is 79.8 Å². The van der Waals surface area contributed by atoms with Crippen LogP contribution in [0, 0.1) is 6.92 Å². The molecule has 1 aromatic carbocycles. The molecule has 3 aromatic heterocycles. The Morgan fingerprint density at radius 3 is 2.71 bits per heavy atom. The van der Waals surface area contributed by atoms with E-state index in [1.54, 1.807) is 37.0 Å². The fourth-order valence-corrected chi connectivity index (χ4v) is 4.29. The standard InChI is InChI=1S/C23H23N5OS.H2S/c1-14(12-26-21-11-19(27-13-28-21)20-8-7-15(2)30-20)16-5-4-6-17-18(23(29)24-3)9-10-25-22(16)17;/h4-11,13-14H,12H2,1-3H3,(H,24,29)(H,26,27,28);1H2/t14-;/m1./s1. The molecular formula is C23H25N5OS2. The Bertz CT molecular complexity index is 1210. The number of para-hydroxylation sites is 1. The van der Waals surface area contributed by atoms with Crippen molar-refractivity contribution in [2.45, 2.75) is 19.8 Å². The molecule has 0 unspecified atom stereocenters. The van der Waals surface area contributed by atoms with Crippen LogP contribution in [0.1, 0.15) is 33.6 Å². The second kappa shape index (κ2) is 9.89. The lowest BCUT2D eigenvalue weighted by atomic mass is 9.96. The van der Waals surface area contributed by atoms with Crippen molar-refractivity contribution < 1.29 is 4.79 Å². The van der Waals surface area contributed by atoms with Gasteiger partial charge in [0.1, 0.15) is 12.1 Å². The van der Waals surface area contributed by atoms with Crippen molar-refractivity contribution in [3.8, 4) is 10.6 Å². The van der Waals surface area contributed by atoms with Crippen LogP contribution in [0.5, 0.6) is 0 Å². The monoisotopic (exact) mass is 451 g/mol. The highest BCUT2D eigenvalue weighted by Crippen LogP contribution is 2.28. The van der Waals surface area contributed by atoms with E-state index in [1.165, 1.54) is 4.88 Å². The maximum Gasteiger partial charge on any atom is 0.251 e. The van der Waals surface area contributed by atoms with Crippen molar-refractivity contribution in [3.05, 3.63) is 71.0 Å². The maximum absolute atomic E-state index is 12.2. The summed E-state index contributed by atoms with van der Waals surface area (Å²) in [6.07, 6.45) is 3.28. The number of nitrogens with one attached hydrogen (secondary N) is 2. The normalized spacial score (nSPS) is 11.6. The predicted octanol–water partition coefficient (Wildman–Crippen LogP) is 4.75. The Morgan fingerprint density at radius 2 is 1.97 bits per heavy atom. The van der Waals surface area contributed by atoms with Gasteiger partial charge in [0.05, 0.1) is 21.7 Å². The van der Waals surface area contributed by atoms with Crippen LogP contribution in [0.15, 0.2) is 55.0 Å². The van der Waals surface area contributed by atoms with E-state index in [1.807, 2.05) is 18.2 Å². The molecule has 1 atom stereocenters. The third-order valence-corrected chi connectivity index (χ3v) is 6.08. The van der Waals surface area contributed by atoms with E-state index in [9.17, 15) is 4.79 Å². The zero-order valence-corrected chi connectivity index (χ0v) is 19.5. The number of hydrogen-bond donors (Lipinski definition) is 2. The highest BCUT2D eigenvalue weighted by atomic mass is 32.1. The SMILES string of the molecule is CNC(=O)c1ccnc2c([C@H](C)CNc3cc(-c4ccc(C)s4)ncn3)cccc12.S.